The third kappa shape index (κ3) is 2.24. The van der Waals surface area contributed by atoms with Gasteiger partial charge in [-0.05, 0) is 32.9 Å². The van der Waals surface area contributed by atoms with Crippen LogP contribution in [0.3, 0.4) is 0 Å². The molecule has 1 aromatic rings. The molecule has 0 radical (unpaired) electrons. The normalized spacial score (nSPS) is 27.2. The average Bonchev–Trinajstić information content (AvgIpc) is 2.76. The molecule has 2 atom stereocenters. The standard InChI is InChI=1S/C11H15Cl2NOS/c1-11(4-3-5-15-11)9(14-2)7-6-8(12)16-10(7)13/h6,9,14H,3-5H2,1-2H3. The summed E-state index contributed by atoms with van der Waals surface area (Å²) in [7, 11) is 1.93. The molecule has 2 unspecified atom stereocenters. The number of halogens is 2. The molecule has 0 aromatic carbocycles. The van der Waals surface area contributed by atoms with Crippen LogP contribution >= 0.6 is 34.5 Å². The van der Waals surface area contributed by atoms with E-state index < -0.39 is 0 Å². The maximum atomic E-state index is 6.20. The fraction of sp³-hybridized carbons (Fsp3) is 0.636. The van der Waals surface area contributed by atoms with Gasteiger partial charge in [-0.1, -0.05) is 23.2 Å². The predicted molar refractivity (Wildman–Crippen MR) is 69.7 cm³/mol. The van der Waals surface area contributed by atoms with E-state index in [9.17, 15) is 0 Å². The van der Waals surface area contributed by atoms with Gasteiger partial charge in [-0.15, -0.1) is 11.3 Å². The quantitative estimate of drug-likeness (QED) is 0.907. The second kappa shape index (κ2) is 4.83. The van der Waals surface area contributed by atoms with Gasteiger partial charge in [-0.2, -0.15) is 0 Å². The maximum Gasteiger partial charge on any atom is 0.0993 e. The summed E-state index contributed by atoms with van der Waals surface area (Å²) in [4.78, 5) is 0. The summed E-state index contributed by atoms with van der Waals surface area (Å²) in [6, 6.07) is 2.04. The SMILES string of the molecule is CNC(c1cc(Cl)sc1Cl)C1(C)CCCO1. The van der Waals surface area contributed by atoms with Crippen molar-refractivity contribution in [1.29, 1.82) is 0 Å². The highest BCUT2D eigenvalue weighted by Gasteiger charge is 2.39. The number of hydrogen-bond donors (Lipinski definition) is 1. The summed E-state index contributed by atoms with van der Waals surface area (Å²) in [6.07, 6.45) is 2.15. The molecule has 2 nitrogen and oxygen atoms in total. The van der Waals surface area contributed by atoms with Crippen LogP contribution in [0, 0.1) is 0 Å². The first-order chi connectivity index (χ1) is 7.57. The van der Waals surface area contributed by atoms with E-state index >= 15 is 0 Å². The third-order valence-corrected chi connectivity index (χ3v) is 4.66. The number of likely N-dealkylation sites (N-methyl/N-ethyl adjacent to an activating group) is 1. The minimum atomic E-state index is -0.178. The molecular weight excluding hydrogens is 265 g/mol. The summed E-state index contributed by atoms with van der Waals surface area (Å²) in [6.45, 7) is 2.95. The van der Waals surface area contributed by atoms with E-state index in [-0.39, 0.29) is 11.6 Å². The van der Waals surface area contributed by atoms with Crippen molar-refractivity contribution < 1.29 is 4.74 Å². The van der Waals surface area contributed by atoms with E-state index in [1.165, 1.54) is 11.3 Å². The molecule has 1 saturated heterocycles. The van der Waals surface area contributed by atoms with E-state index in [2.05, 4.69) is 12.2 Å². The summed E-state index contributed by atoms with van der Waals surface area (Å²) in [5.74, 6) is 0. The molecule has 0 saturated carbocycles. The smallest absolute Gasteiger partial charge is 0.0993 e. The molecule has 2 rings (SSSR count). The molecule has 1 aliphatic rings. The van der Waals surface area contributed by atoms with Crippen LogP contribution in [0.4, 0.5) is 0 Å². The lowest BCUT2D eigenvalue weighted by atomic mass is 9.89. The lowest BCUT2D eigenvalue weighted by Gasteiger charge is -2.33. The second-order valence-corrected chi connectivity index (χ2v) is 6.55. The predicted octanol–water partition coefficient (Wildman–Crippen LogP) is 3.88. The Balaban J connectivity index is 2.32. The number of nitrogens with one attached hydrogen (secondary N) is 1. The van der Waals surface area contributed by atoms with Crippen molar-refractivity contribution in [3.8, 4) is 0 Å². The lowest BCUT2D eigenvalue weighted by molar-refractivity contribution is -0.0103. The molecule has 1 N–H and O–H groups in total. The van der Waals surface area contributed by atoms with Crippen LogP contribution in [0.1, 0.15) is 31.4 Å². The van der Waals surface area contributed by atoms with Gasteiger partial charge in [-0.25, -0.2) is 0 Å². The zero-order valence-corrected chi connectivity index (χ0v) is 11.7. The van der Waals surface area contributed by atoms with Crippen LogP contribution in [0.25, 0.3) is 0 Å². The highest BCUT2D eigenvalue weighted by Crippen LogP contribution is 2.43. The molecule has 0 spiro atoms. The van der Waals surface area contributed by atoms with Crippen LogP contribution in [-0.4, -0.2) is 19.3 Å². The van der Waals surface area contributed by atoms with Gasteiger partial charge < -0.3 is 10.1 Å². The Bertz CT molecular complexity index is 374. The molecule has 1 aliphatic heterocycles. The minimum absolute atomic E-state index is 0.103. The topological polar surface area (TPSA) is 21.3 Å². The zero-order valence-electron chi connectivity index (χ0n) is 9.35. The molecule has 16 heavy (non-hydrogen) atoms. The fourth-order valence-electron chi connectivity index (χ4n) is 2.37. The summed E-state index contributed by atoms with van der Waals surface area (Å²) >= 11 is 13.6. The number of thiophene rings is 1. The van der Waals surface area contributed by atoms with Crippen LogP contribution in [0.15, 0.2) is 6.07 Å². The Morgan fingerprint density at radius 2 is 2.31 bits per heavy atom. The largest absolute Gasteiger partial charge is 0.373 e. The molecular formula is C11H15Cl2NOS. The van der Waals surface area contributed by atoms with Crippen LogP contribution < -0.4 is 5.32 Å². The van der Waals surface area contributed by atoms with Crippen molar-refractivity contribution in [3.05, 3.63) is 20.3 Å². The van der Waals surface area contributed by atoms with Gasteiger partial charge in [0.15, 0.2) is 0 Å². The van der Waals surface area contributed by atoms with Gasteiger partial charge in [0.05, 0.1) is 20.3 Å². The lowest BCUT2D eigenvalue weighted by Crippen LogP contribution is -2.39. The van der Waals surface area contributed by atoms with Gasteiger partial charge >= 0.3 is 0 Å². The molecule has 0 amide bonds. The molecule has 1 aromatic heterocycles. The first-order valence-corrected chi connectivity index (χ1v) is 6.90. The van der Waals surface area contributed by atoms with E-state index in [0.29, 0.717) is 0 Å². The number of ether oxygens (including phenoxy) is 1. The van der Waals surface area contributed by atoms with Crippen LogP contribution in [0.5, 0.6) is 0 Å². The number of hydrogen-bond acceptors (Lipinski definition) is 3. The zero-order chi connectivity index (χ0) is 11.8. The molecule has 2 heterocycles. The minimum Gasteiger partial charge on any atom is -0.373 e. The highest BCUT2D eigenvalue weighted by atomic mass is 35.5. The van der Waals surface area contributed by atoms with Crippen LogP contribution in [-0.2, 0) is 4.74 Å². The Labute approximate surface area is 110 Å². The summed E-state index contributed by atoms with van der Waals surface area (Å²) < 4.78 is 7.33. The second-order valence-electron chi connectivity index (χ2n) is 4.27. The third-order valence-electron chi connectivity index (χ3n) is 3.14. The Morgan fingerprint density at radius 1 is 1.56 bits per heavy atom. The van der Waals surface area contributed by atoms with E-state index in [1.54, 1.807) is 0 Å². The first-order valence-electron chi connectivity index (χ1n) is 5.33. The van der Waals surface area contributed by atoms with Gasteiger partial charge in [-0.3, -0.25) is 0 Å². The molecule has 0 aliphatic carbocycles. The first kappa shape index (κ1) is 12.7. The van der Waals surface area contributed by atoms with Crippen molar-refractivity contribution in [2.75, 3.05) is 13.7 Å². The van der Waals surface area contributed by atoms with Crippen molar-refractivity contribution in [3.63, 3.8) is 0 Å². The van der Waals surface area contributed by atoms with Crippen molar-refractivity contribution >= 4 is 34.5 Å². The Kier molecular flexibility index (Phi) is 3.82. The van der Waals surface area contributed by atoms with E-state index in [1.807, 2.05) is 13.1 Å². The van der Waals surface area contributed by atoms with E-state index in [4.69, 9.17) is 27.9 Å². The molecule has 90 valence electrons. The molecule has 1 fully saturated rings. The van der Waals surface area contributed by atoms with Crippen molar-refractivity contribution in [1.82, 2.24) is 5.32 Å². The summed E-state index contributed by atoms with van der Waals surface area (Å²) in [5.41, 5.74) is 0.867. The Hall–Kier alpha value is 0.200. The Morgan fingerprint density at radius 3 is 2.75 bits per heavy atom. The summed E-state index contributed by atoms with van der Waals surface area (Å²) in [5, 5.41) is 3.29. The number of rotatable bonds is 3. The fourth-order valence-corrected chi connectivity index (χ4v) is 3.90. The maximum absolute atomic E-state index is 6.20. The average molecular weight is 280 g/mol. The van der Waals surface area contributed by atoms with E-state index in [0.717, 1.165) is 33.7 Å². The van der Waals surface area contributed by atoms with Gasteiger partial charge in [0.1, 0.15) is 0 Å². The molecule has 0 bridgehead atoms. The molecule has 5 heteroatoms. The van der Waals surface area contributed by atoms with Gasteiger partial charge in [0.2, 0.25) is 0 Å². The van der Waals surface area contributed by atoms with Crippen molar-refractivity contribution in [2.45, 2.75) is 31.4 Å². The highest BCUT2D eigenvalue weighted by molar-refractivity contribution is 7.20. The van der Waals surface area contributed by atoms with Gasteiger partial charge in [0.25, 0.3) is 0 Å². The van der Waals surface area contributed by atoms with Crippen molar-refractivity contribution in [2.24, 2.45) is 0 Å². The monoisotopic (exact) mass is 279 g/mol. The van der Waals surface area contributed by atoms with Crippen LogP contribution in [0.2, 0.25) is 8.67 Å². The van der Waals surface area contributed by atoms with Gasteiger partial charge in [0, 0.05) is 12.2 Å².